The summed E-state index contributed by atoms with van der Waals surface area (Å²) in [6, 6.07) is 31.5. The number of hydrogen-bond acceptors (Lipinski definition) is 2. The van der Waals surface area contributed by atoms with Crippen LogP contribution in [0.5, 0.6) is 0 Å². The number of esters is 1. The van der Waals surface area contributed by atoms with Crippen LogP contribution in [-0.4, -0.2) is 5.97 Å². The maximum Gasteiger partial charge on any atom is 0.338 e. The van der Waals surface area contributed by atoms with Crippen LogP contribution in [0.15, 0.2) is 91.0 Å². The highest BCUT2D eigenvalue weighted by Gasteiger charge is 2.15. The normalized spacial score (nSPS) is 13.3. The van der Waals surface area contributed by atoms with Crippen LogP contribution >= 0.6 is 0 Å². The molecule has 2 unspecified atom stereocenters. The fourth-order valence-corrected chi connectivity index (χ4v) is 4.44. The highest BCUT2D eigenvalue weighted by atomic mass is 16.5. The third kappa shape index (κ3) is 4.21. The Labute approximate surface area is 194 Å². The molecule has 2 heteroatoms. The van der Waals surface area contributed by atoms with E-state index < -0.39 is 0 Å². The van der Waals surface area contributed by atoms with Crippen LogP contribution in [0.25, 0.3) is 32.3 Å². The number of benzene rings is 5. The molecule has 0 fully saturated rings. The van der Waals surface area contributed by atoms with Crippen molar-refractivity contribution in [2.24, 2.45) is 0 Å². The first-order valence-electron chi connectivity index (χ1n) is 11.7. The quantitative estimate of drug-likeness (QED) is 0.205. The summed E-state index contributed by atoms with van der Waals surface area (Å²) in [6.45, 7) is 6.30. The van der Waals surface area contributed by atoms with E-state index in [0.29, 0.717) is 11.5 Å². The minimum absolute atomic E-state index is 0.289. The molecule has 0 bridgehead atoms. The Morgan fingerprint density at radius 1 is 0.667 bits per heavy atom. The van der Waals surface area contributed by atoms with Crippen LogP contribution in [0.4, 0.5) is 0 Å². The molecule has 5 aromatic rings. The fraction of sp³-hybridized carbons (Fsp3) is 0.194. The maximum absolute atomic E-state index is 12.7. The second kappa shape index (κ2) is 8.71. The molecular formula is C31H28O2. The average molecular weight is 433 g/mol. The Balaban J connectivity index is 1.40. The number of carbonyl (C=O) groups is 1. The van der Waals surface area contributed by atoms with E-state index in [1.807, 2.05) is 31.2 Å². The van der Waals surface area contributed by atoms with Crippen LogP contribution < -0.4 is 0 Å². The van der Waals surface area contributed by atoms with Gasteiger partial charge in [-0.2, -0.15) is 0 Å². The summed E-state index contributed by atoms with van der Waals surface area (Å²) < 4.78 is 5.80. The van der Waals surface area contributed by atoms with E-state index >= 15 is 0 Å². The zero-order valence-corrected chi connectivity index (χ0v) is 19.3. The number of rotatable bonds is 5. The first-order valence-corrected chi connectivity index (χ1v) is 11.7. The lowest BCUT2D eigenvalue weighted by atomic mass is 9.97. The molecule has 0 N–H and O–H groups in total. The minimum atomic E-state index is -0.330. The Kier molecular flexibility index (Phi) is 5.60. The van der Waals surface area contributed by atoms with Crippen LogP contribution in [-0.2, 0) is 4.74 Å². The molecule has 0 amide bonds. The Bertz CT molecular complexity index is 1460. The summed E-state index contributed by atoms with van der Waals surface area (Å²) in [5.74, 6) is 0.198. The van der Waals surface area contributed by atoms with Crippen LogP contribution in [0, 0.1) is 0 Å². The van der Waals surface area contributed by atoms with Crippen molar-refractivity contribution in [3.63, 3.8) is 0 Å². The van der Waals surface area contributed by atoms with Crippen molar-refractivity contribution in [3.8, 4) is 0 Å². The highest BCUT2D eigenvalue weighted by molar-refractivity contribution is 6.04. The Hall–Kier alpha value is -3.65. The van der Waals surface area contributed by atoms with Crippen LogP contribution in [0.2, 0.25) is 0 Å². The van der Waals surface area contributed by atoms with Gasteiger partial charge in [-0.3, -0.25) is 0 Å². The lowest BCUT2D eigenvalue weighted by molar-refractivity contribution is 0.0338. The molecule has 0 heterocycles. The zero-order valence-electron chi connectivity index (χ0n) is 19.3. The second-order valence-electron chi connectivity index (χ2n) is 8.98. The molecule has 0 radical (unpaired) electrons. The lowest BCUT2D eigenvalue weighted by Gasteiger charge is -2.15. The van der Waals surface area contributed by atoms with Crippen LogP contribution in [0.1, 0.15) is 60.7 Å². The van der Waals surface area contributed by atoms with Crippen LogP contribution in [0.3, 0.4) is 0 Å². The van der Waals surface area contributed by atoms with Gasteiger partial charge in [-0.15, -0.1) is 0 Å². The van der Waals surface area contributed by atoms with Gasteiger partial charge in [0.15, 0.2) is 0 Å². The molecule has 0 aliphatic heterocycles. The summed E-state index contributed by atoms with van der Waals surface area (Å²) in [6.07, 6.45) is 0.748. The fourth-order valence-electron chi connectivity index (χ4n) is 4.44. The van der Waals surface area contributed by atoms with E-state index in [1.165, 1.54) is 32.5 Å². The summed E-state index contributed by atoms with van der Waals surface area (Å²) in [5, 5.41) is 7.26. The SMILES string of the molecule is CCC(C)c1ccc(C(=O)OC(C)c2ccc3cc4cc5ccccc5cc4cc3c2)cc1. The van der Waals surface area contributed by atoms with E-state index in [0.717, 1.165) is 17.4 Å². The monoisotopic (exact) mass is 432 g/mol. The molecule has 164 valence electrons. The van der Waals surface area contributed by atoms with E-state index in [4.69, 9.17) is 4.74 Å². The molecule has 2 atom stereocenters. The van der Waals surface area contributed by atoms with E-state index in [-0.39, 0.29) is 12.1 Å². The minimum Gasteiger partial charge on any atom is -0.454 e. The first-order chi connectivity index (χ1) is 16.0. The molecule has 0 aliphatic carbocycles. The Morgan fingerprint density at radius 3 is 1.79 bits per heavy atom. The van der Waals surface area contributed by atoms with E-state index in [2.05, 4.69) is 80.6 Å². The van der Waals surface area contributed by atoms with E-state index in [9.17, 15) is 4.79 Å². The van der Waals surface area contributed by atoms with Gasteiger partial charge < -0.3 is 4.74 Å². The molecule has 0 spiro atoms. The highest BCUT2D eigenvalue weighted by Crippen LogP contribution is 2.30. The average Bonchev–Trinajstić information content (AvgIpc) is 2.85. The van der Waals surface area contributed by atoms with Gasteiger partial charge in [-0.05, 0) is 105 Å². The largest absolute Gasteiger partial charge is 0.454 e. The van der Waals surface area contributed by atoms with Gasteiger partial charge in [0.1, 0.15) is 6.10 Å². The molecule has 2 nitrogen and oxygen atoms in total. The molecule has 0 aromatic heterocycles. The topological polar surface area (TPSA) is 26.3 Å². The Morgan fingerprint density at radius 2 is 1.18 bits per heavy atom. The second-order valence-corrected chi connectivity index (χ2v) is 8.98. The predicted molar refractivity (Wildman–Crippen MR) is 138 cm³/mol. The van der Waals surface area contributed by atoms with Crippen molar-refractivity contribution < 1.29 is 9.53 Å². The van der Waals surface area contributed by atoms with Crippen molar-refractivity contribution in [1.29, 1.82) is 0 Å². The van der Waals surface area contributed by atoms with Crippen molar-refractivity contribution in [3.05, 3.63) is 108 Å². The van der Waals surface area contributed by atoms with Gasteiger partial charge in [0, 0.05) is 0 Å². The third-order valence-corrected chi connectivity index (χ3v) is 6.77. The number of carbonyl (C=O) groups excluding carboxylic acids is 1. The number of ether oxygens (including phenoxy) is 1. The summed E-state index contributed by atoms with van der Waals surface area (Å²) in [7, 11) is 0. The van der Waals surface area contributed by atoms with E-state index in [1.54, 1.807) is 0 Å². The molecule has 33 heavy (non-hydrogen) atoms. The van der Waals surface area contributed by atoms with Gasteiger partial charge in [0.2, 0.25) is 0 Å². The van der Waals surface area contributed by atoms with Gasteiger partial charge in [0.05, 0.1) is 5.56 Å². The van der Waals surface area contributed by atoms with Crippen molar-refractivity contribution in [2.45, 2.75) is 39.2 Å². The van der Waals surface area contributed by atoms with Gasteiger partial charge in [-0.1, -0.05) is 62.4 Å². The van der Waals surface area contributed by atoms with Crippen molar-refractivity contribution in [2.75, 3.05) is 0 Å². The summed E-state index contributed by atoms with van der Waals surface area (Å²) in [4.78, 5) is 12.7. The molecule has 0 saturated heterocycles. The van der Waals surface area contributed by atoms with Gasteiger partial charge in [0.25, 0.3) is 0 Å². The summed E-state index contributed by atoms with van der Waals surface area (Å²) in [5.41, 5.74) is 2.83. The lowest BCUT2D eigenvalue weighted by Crippen LogP contribution is -2.09. The zero-order chi connectivity index (χ0) is 22.9. The molecule has 5 rings (SSSR count). The maximum atomic E-state index is 12.7. The predicted octanol–water partition coefficient (Wildman–Crippen LogP) is 8.58. The standard InChI is InChI=1S/C31H28O2/c1-4-20(2)22-9-11-23(12-10-22)31(32)33-21(3)24-13-14-27-18-29-16-25-7-5-6-8-26(25)17-30(29)19-28(27)15-24/h5-21H,4H2,1-3H3. The molecule has 0 aliphatic rings. The summed E-state index contributed by atoms with van der Waals surface area (Å²) >= 11 is 0. The molecule has 0 saturated carbocycles. The number of hydrogen-bond donors (Lipinski definition) is 0. The van der Waals surface area contributed by atoms with Gasteiger partial charge in [-0.25, -0.2) is 4.79 Å². The van der Waals surface area contributed by atoms with Crippen molar-refractivity contribution in [1.82, 2.24) is 0 Å². The molecular weight excluding hydrogens is 404 g/mol. The van der Waals surface area contributed by atoms with Gasteiger partial charge >= 0.3 is 5.97 Å². The van der Waals surface area contributed by atoms with Crippen molar-refractivity contribution >= 4 is 38.3 Å². The number of fused-ring (bicyclic) bond motifs is 3. The third-order valence-electron chi connectivity index (χ3n) is 6.77. The smallest absolute Gasteiger partial charge is 0.338 e. The molecule has 5 aromatic carbocycles. The first kappa shape index (κ1) is 21.2.